The summed E-state index contributed by atoms with van der Waals surface area (Å²) >= 11 is 6.80. The van der Waals surface area contributed by atoms with Gasteiger partial charge in [-0.15, -0.1) is 0 Å². The van der Waals surface area contributed by atoms with E-state index in [4.69, 9.17) is 4.74 Å². The van der Waals surface area contributed by atoms with Gasteiger partial charge < -0.3 is 9.84 Å². The zero-order valence-corrected chi connectivity index (χ0v) is 15.1. The number of rotatable bonds is 2. The number of ketones is 1. The zero-order chi connectivity index (χ0) is 16.1. The van der Waals surface area contributed by atoms with Crippen LogP contribution in [-0.2, 0) is 0 Å². The van der Waals surface area contributed by atoms with Gasteiger partial charge in [0.2, 0.25) is 5.78 Å². The number of benzene rings is 2. The average molecular weight is 436 g/mol. The summed E-state index contributed by atoms with van der Waals surface area (Å²) in [5, 5.41) is 9.94. The number of aromatic hydroxyl groups is 1. The van der Waals surface area contributed by atoms with E-state index in [9.17, 15) is 9.90 Å². The Kier molecular flexibility index (Phi) is 3.58. The number of carbonyl (C=O) groups excluding carboxylic acids is 1. The highest BCUT2D eigenvalue weighted by Crippen LogP contribution is 2.45. The van der Waals surface area contributed by atoms with Crippen LogP contribution < -0.4 is 4.74 Å². The topological polar surface area (TPSA) is 46.5 Å². The lowest BCUT2D eigenvalue weighted by atomic mass is 10.0. The first-order chi connectivity index (χ1) is 11.0. The highest BCUT2D eigenvalue weighted by atomic mass is 79.9. The van der Waals surface area contributed by atoms with Crippen molar-refractivity contribution >= 4 is 43.7 Å². The van der Waals surface area contributed by atoms with E-state index < -0.39 is 0 Å². The summed E-state index contributed by atoms with van der Waals surface area (Å²) in [4.78, 5) is 12.5. The van der Waals surface area contributed by atoms with Crippen LogP contribution in [0, 0.1) is 0 Å². The van der Waals surface area contributed by atoms with Crippen molar-refractivity contribution in [3.05, 3.63) is 61.7 Å². The molecule has 1 fully saturated rings. The molecule has 0 unspecified atom stereocenters. The molecule has 2 aliphatic rings. The molecule has 1 N–H and O–H groups in total. The minimum Gasteiger partial charge on any atom is -0.508 e. The van der Waals surface area contributed by atoms with Gasteiger partial charge >= 0.3 is 0 Å². The molecule has 0 spiro atoms. The largest absolute Gasteiger partial charge is 0.508 e. The molecule has 0 aromatic heterocycles. The Morgan fingerprint density at radius 2 is 1.96 bits per heavy atom. The minimum atomic E-state index is -0.136. The highest BCUT2D eigenvalue weighted by molar-refractivity contribution is 9.11. The van der Waals surface area contributed by atoms with Gasteiger partial charge in [0.05, 0.1) is 10.0 Å². The summed E-state index contributed by atoms with van der Waals surface area (Å²) < 4.78 is 7.30. The first-order valence-corrected chi connectivity index (χ1v) is 8.88. The zero-order valence-electron chi connectivity index (χ0n) is 12.0. The standard InChI is InChI=1S/C18H12Br2O3/c19-11-7-13-17(22)16(23-18(13)14(20)8-11)6-9-1-4-15(21)12(5-9)10-2-3-10/h1,4-8,10,21H,2-3H2/b16-6-. The van der Waals surface area contributed by atoms with E-state index in [1.165, 1.54) is 0 Å². The molecule has 0 saturated heterocycles. The Hall–Kier alpha value is -1.59. The third kappa shape index (κ3) is 2.72. The maximum atomic E-state index is 12.5. The second kappa shape index (κ2) is 5.49. The van der Waals surface area contributed by atoms with Gasteiger partial charge in [-0.3, -0.25) is 4.79 Å². The van der Waals surface area contributed by atoms with E-state index in [0.29, 0.717) is 28.7 Å². The number of fused-ring (bicyclic) bond motifs is 1. The maximum Gasteiger partial charge on any atom is 0.232 e. The molecule has 0 atom stereocenters. The van der Waals surface area contributed by atoms with Crippen LogP contribution >= 0.6 is 31.9 Å². The summed E-state index contributed by atoms with van der Waals surface area (Å²) in [6.45, 7) is 0. The summed E-state index contributed by atoms with van der Waals surface area (Å²) in [7, 11) is 0. The van der Waals surface area contributed by atoms with Crippen molar-refractivity contribution in [2.24, 2.45) is 0 Å². The lowest BCUT2D eigenvalue weighted by molar-refractivity contribution is 0.101. The molecule has 0 amide bonds. The Morgan fingerprint density at radius 3 is 2.70 bits per heavy atom. The highest BCUT2D eigenvalue weighted by Gasteiger charge is 2.30. The average Bonchev–Trinajstić information content (AvgIpc) is 3.30. The predicted octanol–water partition coefficient (Wildman–Crippen LogP) is 5.41. The number of phenols is 1. The number of carbonyl (C=O) groups is 1. The van der Waals surface area contributed by atoms with Crippen LogP contribution in [0.3, 0.4) is 0 Å². The predicted molar refractivity (Wildman–Crippen MR) is 94.9 cm³/mol. The van der Waals surface area contributed by atoms with Crippen LogP contribution in [0.5, 0.6) is 11.5 Å². The van der Waals surface area contributed by atoms with E-state index >= 15 is 0 Å². The molecule has 2 aromatic rings. The molecule has 1 aliphatic carbocycles. The van der Waals surface area contributed by atoms with Gasteiger partial charge in [0.1, 0.15) is 5.75 Å². The van der Waals surface area contributed by atoms with Crippen LogP contribution in [0.15, 0.2) is 45.0 Å². The minimum absolute atomic E-state index is 0.136. The molecule has 0 bridgehead atoms. The van der Waals surface area contributed by atoms with Crippen molar-refractivity contribution in [3.63, 3.8) is 0 Å². The second-order valence-corrected chi connectivity index (χ2v) is 7.57. The molecule has 5 heteroatoms. The molecule has 4 rings (SSSR count). The molecule has 23 heavy (non-hydrogen) atoms. The molecule has 3 nitrogen and oxygen atoms in total. The van der Waals surface area contributed by atoms with Crippen molar-refractivity contribution < 1.29 is 14.6 Å². The van der Waals surface area contributed by atoms with Crippen molar-refractivity contribution in [3.8, 4) is 11.5 Å². The Labute approximate surface area is 150 Å². The number of hydrogen-bond donors (Lipinski definition) is 1. The third-order valence-electron chi connectivity index (χ3n) is 4.06. The van der Waals surface area contributed by atoms with E-state index in [-0.39, 0.29) is 5.78 Å². The fourth-order valence-corrected chi connectivity index (χ4v) is 4.06. The number of phenolic OH excluding ortho intramolecular Hbond substituents is 1. The molecular weight excluding hydrogens is 424 g/mol. The van der Waals surface area contributed by atoms with Gasteiger partial charge in [-0.1, -0.05) is 22.0 Å². The summed E-state index contributed by atoms with van der Waals surface area (Å²) in [6.07, 6.45) is 3.94. The van der Waals surface area contributed by atoms with Gasteiger partial charge in [0.15, 0.2) is 11.5 Å². The lowest BCUT2D eigenvalue weighted by Gasteiger charge is -2.05. The maximum absolute atomic E-state index is 12.5. The van der Waals surface area contributed by atoms with Gasteiger partial charge in [-0.2, -0.15) is 0 Å². The van der Waals surface area contributed by atoms with Crippen LogP contribution in [0.1, 0.15) is 40.2 Å². The first kappa shape index (κ1) is 15.0. The van der Waals surface area contributed by atoms with Crippen molar-refractivity contribution in [1.29, 1.82) is 0 Å². The van der Waals surface area contributed by atoms with E-state index in [1.807, 2.05) is 12.1 Å². The van der Waals surface area contributed by atoms with Crippen molar-refractivity contribution in [2.45, 2.75) is 18.8 Å². The van der Waals surface area contributed by atoms with E-state index in [0.717, 1.165) is 32.9 Å². The Balaban J connectivity index is 1.72. The molecular formula is C18H12Br2O3. The van der Waals surface area contributed by atoms with Crippen LogP contribution in [0.25, 0.3) is 6.08 Å². The normalized spacial score (nSPS) is 18.2. The van der Waals surface area contributed by atoms with Crippen LogP contribution in [-0.4, -0.2) is 10.9 Å². The van der Waals surface area contributed by atoms with Crippen molar-refractivity contribution in [1.82, 2.24) is 0 Å². The SMILES string of the molecule is O=C1/C(=C/c2ccc(O)c(C3CC3)c2)Oc2c(Br)cc(Br)cc21. The number of halogens is 2. The molecule has 1 aliphatic heterocycles. The van der Waals surface area contributed by atoms with Gasteiger partial charge in [0.25, 0.3) is 0 Å². The fourth-order valence-electron chi connectivity index (χ4n) is 2.75. The first-order valence-electron chi connectivity index (χ1n) is 7.29. The van der Waals surface area contributed by atoms with Gasteiger partial charge in [-0.25, -0.2) is 0 Å². The quantitative estimate of drug-likeness (QED) is 0.641. The molecule has 116 valence electrons. The second-order valence-electron chi connectivity index (χ2n) is 5.80. The molecule has 1 saturated carbocycles. The molecule has 2 aromatic carbocycles. The number of Topliss-reactive ketones (excluding diaryl/α,β-unsaturated/α-hetero) is 1. The monoisotopic (exact) mass is 434 g/mol. The molecule has 0 radical (unpaired) electrons. The Morgan fingerprint density at radius 1 is 1.17 bits per heavy atom. The summed E-state index contributed by atoms with van der Waals surface area (Å²) in [5.41, 5.74) is 2.35. The number of ether oxygens (including phenoxy) is 1. The van der Waals surface area contributed by atoms with Crippen molar-refractivity contribution in [2.75, 3.05) is 0 Å². The summed E-state index contributed by atoms with van der Waals surface area (Å²) in [5.74, 6) is 1.47. The number of hydrogen-bond acceptors (Lipinski definition) is 3. The van der Waals surface area contributed by atoms with Crippen LogP contribution in [0.2, 0.25) is 0 Å². The van der Waals surface area contributed by atoms with Crippen LogP contribution in [0.4, 0.5) is 0 Å². The third-order valence-corrected chi connectivity index (χ3v) is 5.10. The smallest absolute Gasteiger partial charge is 0.232 e. The van der Waals surface area contributed by atoms with E-state index in [1.54, 1.807) is 24.3 Å². The Bertz CT molecular complexity index is 867. The summed E-state index contributed by atoms with van der Waals surface area (Å²) in [6, 6.07) is 9.01. The van der Waals surface area contributed by atoms with Gasteiger partial charge in [-0.05, 0) is 76.2 Å². The lowest BCUT2D eigenvalue weighted by Crippen LogP contribution is -1.98. The fraction of sp³-hybridized carbons (Fsp3) is 0.167. The van der Waals surface area contributed by atoms with Gasteiger partial charge in [0, 0.05) is 4.47 Å². The number of allylic oxidation sites excluding steroid dienone is 1. The molecule has 1 heterocycles. The van der Waals surface area contributed by atoms with E-state index in [2.05, 4.69) is 31.9 Å².